The molecule has 0 fully saturated rings. The standard InChI is InChI=1S/C32H25IO3S2/c33-30-19-22(2-12-32(34)35)1-11-31(30)36-16-13-29(25-7-3-23(4-8-25)27-14-17-37-20-27)26-9-5-24(6-10-26)28-15-18-38-21-28/h1,3-11,13-15,17-21H,2,12,16H2,(H,34,35). The molecule has 38 heavy (non-hydrogen) atoms. The Bertz CT molecular complexity index is 1440. The first-order valence-corrected chi connectivity index (χ1v) is 15.1. The highest BCUT2D eigenvalue weighted by Crippen LogP contribution is 2.30. The Kier molecular flexibility index (Phi) is 8.73. The summed E-state index contributed by atoms with van der Waals surface area (Å²) in [6, 6.07) is 27.5. The van der Waals surface area contributed by atoms with Crippen molar-refractivity contribution >= 4 is 56.8 Å². The van der Waals surface area contributed by atoms with Crippen LogP contribution in [0.3, 0.4) is 0 Å². The predicted octanol–water partition coefficient (Wildman–Crippen LogP) is 9.28. The lowest BCUT2D eigenvalue weighted by Gasteiger charge is -2.12. The summed E-state index contributed by atoms with van der Waals surface area (Å²) >= 11 is 5.65. The molecule has 0 radical (unpaired) electrons. The van der Waals surface area contributed by atoms with Gasteiger partial charge < -0.3 is 9.84 Å². The molecule has 2 heterocycles. The van der Waals surface area contributed by atoms with Gasteiger partial charge in [0, 0.05) is 6.42 Å². The molecule has 0 atom stereocenters. The van der Waals surface area contributed by atoms with Gasteiger partial charge in [-0.15, -0.1) is 0 Å². The first kappa shape index (κ1) is 26.4. The molecule has 5 rings (SSSR count). The van der Waals surface area contributed by atoms with Crippen LogP contribution in [0.2, 0.25) is 0 Å². The number of carbonyl (C=O) groups is 1. The van der Waals surface area contributed by atoms with E-state index in [0.717, 1.165) is 31.6 Å². The lowest BCUT2D eigenvalue weighted by atomic mass is 9.94. The van der Waals surface area contributed by atoms with Crippen LogP contribution < -0.4 is 4.74 Å². The third-order valence-electron chi connectivity index (χ3n) is 6.25. The Balaban J connectivity index is 1.39. The van der Waals surface area contributed by atoms with Gasteiger partial charge >= 0.3 is 5.97 Å². The number of rotatable bonds is 10. The average molecular weight is 649 g/mol. The highest BCUT2D eigenvalue weighted by molar-refractivity contribution is 14.1. The topological polar surface area (TPSA) is 46.5 Å². The molecule has 0 aliphatic heterocycles. The van der Waals surface area contributed by atoms with Crippen molar-refractivity contribution in [3.8, 4) is 28.0 Å². The number of hydrogen-bond acceptors (Lipinski definition) is 4. The second kappa shape index (κ2) is 12.6. The Morgan fingerprint density at radius 1 is 0.789 bits per heavy atom. The number of carboxylic acid groups (broad SMARTS) is 1. The molecule has 0 bridgehead atoms. The summed E-state index contributed by atoms with van der Waals surface area (Å²) in [5.74, 6) is 0.00518. The molecular formula is C32H25IO3S2. The van der Waals surface area contributed by atoms with E-state index < -0.39 is 5.97 Å². The van der Waals surface area contributed by atoms with Crippen LogP contribution in [0.4, 0.5) is 0 Å². The highest BCUT2D eigenvalue weighted by atomic mass is 127. The molecule has 0 saturated heterocycles. The molecule has 5 aromatic rings. The van der Waals surface area contributed by atoms with E-state index in [1.54, 1.807) is 22.7 Å². The zero-order valence-corrected chi connectivity index (χ0v) is 24.3. The zero-order chi connectivity index (χ0) is 26.3. The van der Waals surface area contributed by atoms with Crippen LogP contribution >= 0.6 is 45.3 Å². The molecule has 3 aromatic carbocycles. The maximum atomic E-state index is 10.9. The molecule has 190 valence electrons. The van der Waals surface area contributed by atoms with E-state index in [9.17, 15) is 4.79 Å². The quantitative estimate of drug-likeness (QED) is 0.154. The Morgan fingerprint density at radius 2 is 1.37 bits per heavy atom. The summed E-state index contributed by atoms with van der Waals surface area (Å²) in [5, 5.41) is 17.5. The molecule has 0 aliphatic carbocycles. The van der Waals surface area contributed by atoms with Crippen molar-refractivity contribution in [2.45, 2.75) is 12.8 Å². The van der Waals surface area contributed by atoms with Crippen LogP contribution in [0.1, 0.15) is 23.1 Å². The minimum absolute atomic E-state index is 0.124. The lowest BCUT2D eigenvalue weighted by Crippen LogP contribution is -2.00. The van der Waals surface area contributed by atoms with E-state index in [0.29, 0.717) is 13.0 Å². The van der Waals surface area contributed by atoms with Crippen molar-refractivity contribution in [1.29, 1.82) is 0 Å². The molecular weight excluding hydrogens is 623 g/mol. The van der Waals surface area contributed by atoms with E-state index in [2.05, 4.69) is 111 Å². The second-order valence-electron chi connectivity index (χ2n) is 8.77. The molecule has 2 aromatic heterocycles. The van der Waals surface area contributed by atoms with Gasteiger partial charge in [-0.25, -0.2) is 0 Å². The normalized spacial score (nSPS) is 10.8. The van der Waals surface area contributed by atoms with E-state index in [1.807, 2.05) is 18.2 Å². The summed E-state index contributed by atoms with van der Waals surface area (Å²) in [4.78, 5) is 10.9. The summed E-state index contributed by atoms with van der Waals surface area (Å²) in [6.07, 6.45) is 2.77. The number of aryl methyl sites for hydroxylation is 1. The summed E-state index contributed by atoms with van der Waals surface area (Å²) in [6.45, 7) is 0.415. The number of aliphatic carboxylic acids is 1. The number of ether oxygens (including phenoxy) is 1. The molecule has 0 unspecified atom stereocenters. The van der Waals surface area contributed by atoms with Crippen LogP contribution in [0, 0.1) is 3.57 Å². The fourth-order valence-corrected chi connectivity index (χ4v) is 6.29. The van der Waals surface area contributed by atoms with Crippen LogP contribution in [0.15, 0.2) is 106 Å². The van der Waals surface area contributed by atoms with E-state index in [-0.39, 0.29) is 6.42 Å². The second-order valence-corrected chi connectivity index (χ2v) is 11.5. The minimum atomic E-state index is -0.787. The van der Waals surface area contributed by atoms with Crippen molar-refractivity contribution in [2.75, 3.05) is 6.61 Å². The molecule has 0 spiro atoms. The largest absolute Gasteiger partial charge is 0.488 e. The van der Waals surface area contributed by atoms with Gasteiger partial charge in [0.05, 0.1) is 3.57 Å². The maximum absolute atomic E-state index is 10.9. The van der Waals surface area contributed by atoms with E-state index >= 15 is 0 Å². The average Bonchev–Trinajstić information content (AvgIpc) is 3.67. The van der Waals surface area contributed by atoms with Gasteiger partial charge in [-0.05, 0) is 125 Å². The van der Waals surface area contributed by atoms with Gasteiger partial charge in [0.1, 0.15) is 12.4 Å². The van der Waals surface area contributed by atoms with Crippen molar-refractivity contribution in [1.82, 2.24) is 0 Å². The Hall–Kier alpha value is -3.20. The summed E-state index contributed by atoms with van der Waals surface area (Å²) in [5.41, 5.74) is 9.26. The van der Waals surface area contributed by atoms with Crippen molar-refractivity contribution < 1.29 is 14.6 Å². The minimum Gasteiger partial charge on any atom is -0.488 e. The SMILES string of the molecule is O=C(O)CCc1ccc(OCC=C(c2ccc(-c3ccsc3)cc2)c2ccc(-c3ccsc3)cc2)c(I)c1. The third kappa shape index (κ3) is 6.62. The molecule has 0 aliphatic rings. The highest BCUT2D eigenvalue weighted by Gasteiger charge is 2.09. The molecule has 1 N–H and O–H groups in total. The van der Waals surface area contributed by atoms with Crippen LogP contribution in [-0.4, -0.2) is 17.7 Å². The predicted molar refractivity (Wildman–Crippen MR) is 167 cm³/mol. The Morgan fingerprint density at radius 3 is 1.84 bits per heavy atom. The Labute approximate surface area is 244 Å². The van der Waals surface area contributed by atoms with E-state index in [4.69, 9.17) is 9.84 Å². The summed E-state index contributed by atoms with van der Waals surface area (Å²) in [7, 11) is 0. The van der Waals surface area contributed by atoms with Gasteiger partial charge in [-0.1, -0.05) is 54.6 Å². The molecule has 0 saturated carbocycles. The fourth-order valence-electron chi connectivity index (χ4n) is 4.23. The number of thiophene rings is 2. The first-order valence-electron chi connectivity index (χ1n) is 12.2. The van der Waals surface area contributed by atoms with Crippen LogP contribution in [-0.2, 0) is 11.2 Å². The number of hydrogen-bond donors (Lipinski definition) is 1. The zero-order valence-electron chi connectivity index (χ0n) is 20.5. The van der Waals surface area contributed by atoms with E-state index in [1.165, 1.54) is 22.3 Å². The van der Waals surface area contributed by atoms with Crippen LogP contribution in [0.5, 0.6) is 5.75 Å². The fraction of sp³-hybridized carbons (Fsp3) is 0.0938. The monoisotopic (exact) mass is 648 g/mol. The number of halogens is 1. The van der Waals surface area contributed by atoms with Gasteiger partial charge in [0.15, 0.2) is 0 Å². The van der Waals surface area contributed by atoms with Gasteiger partial charge in [0.2, 0.25) is 0 Å². The summed E-state index contributed by atoms with van der Waals surface area (Å²) < 4.78 is 7.13. The van der Waals surface area contributed by atoms with Crippen LogP contribution in [0.25, 0.3) is 27.8 Å². The molecule has 3 nitrogen and oxygen atoms in total. The van der Waals surface area contributed by atoms with Crippen molar-refractivity contribution in [3.05, 3.63) is 127 Å². The number of carboxylic acids is 1. The third-order valence-corrected chi connectivity index (χ3v) is 8.46. The smallest absolute Gasteiger partial charge is 0.303 e. The molecule has 6 heteroatoms. The van der Waals surface area contributed by atoms with Gasteiger partial charge in [-0.3, -0.25) is 4.79 Å². The lowest BCUT2D eigenvalue weighted by molar-refractivity contribution is -0.136. The number of benzene rings is 3. The van der Waals surface area contributed by atoms with Gasteiger partial charge in [0.25, 0.3) is 0 Å². The maximum Gasteiger partial charge on any atom is 0.303 e. The molecule has 0 amide bonds. The van der Waals surface area contributed by atoms with Crippen molar-refractivity contribution in [2.24, 2.45) is 0 Å². The van der Waals surface area contributed by atoms with Gasteiger partial charge in [-0.2, -0.15) is 22.7 Å². The first-order chi connectivity index (χ1) is 18.6. The van der Waals surface area contributed by atoms with Crippen molar-refractivity contribution in [3.63, 3.8) is 0 Å².